The summed E-state index contributed by atoms with van der Waals surface area (Å²) in [5.41, 5.74) is 4.64. The first-order chi connectivity index (χ1) is 17.4. The van der Waals surface area contributed by atoms with Gasteiger partial charge in [0.15, 0.2) is 6.29 Å². The summed E-state index contributed by atoms with van der Waals surface area (Å²) >= 11 is 1.47. The van der Waals surface area contributed by atoms with E-state index < -0.39 is 7.60 Å². The van der Waals surface area contributed by atoms with Crippen LogP contribution in [0.1, 0.15) is 89.7 Å². The quantitative estimate of drug-likeness (QED) is 0.190. The summed E-state index contributed by atoms with van der Waals surface area (Å²) < 4.78 is 26.3. The Morgan fingerprint density at radius 2 is 1.14 bits per heavy atom. The minimum absolute atomic E-state index is 0.00843. The predicted molar refractivity (Wildman–Crippen MR) is 158 cm³/mol. The third kappa shape index (κ3) is 6.70. The molecule has 0 atom stereocenters. The van der Waals surface area contributed by atoms with E-state index in [0.717, 1.165) is 27.2 Å². The molecule has 1 aromatic heterocycles. The summed E-state index contributed by atoms with van der Waals surface area (Å²) in [5.74, 6) is 0. The Bertz CT molecular complexity index is 1230. The molecule has 0 amide bonds. The molecule has 0 radical (unpaired) electrons. The predicted octanol–water partition coefficient (Wildman–Crippen LogP) is 9.16. The Kier molecular flexibility index (Phi) is 9.40. The second-order valence-corrected chi connectivity index (χ2v) is 14.4. The van der Waals surface area contributed by atoms with Crippen molar-refractivity contribution in [3.05, 3.63) is 65.2 Å². The first kappa shape index (κ1) is 29.5. The van der Waals surface area contributed by atoms with E-state index >= 15 is 0 Å². The maximum atomic E-state index is 14.4. The van der Waals surface area contributed by atoms with Gasteiger partial charge in [-0.25, -0.2) is 0 Å². The van der Waals surface area contributed by atoms with E-state index in [1.807, 2.05) is 38.1 Å². The lowest BCUT2D eigenvalue weighted by molar-refractivity contribution is 0.112. The summed E-state index contributed by atoms with van der Waals surface area (Å²) in [6, 6.07) is 16.6. The molecular weight excluding hydrogens is 499 g/mol. The smallest absolute Gasteiger partial charge is 0.305 e. The molecule has 0 fully saturated rings. The fourth-order valence-electron chi connectivity index (χ4n) is 4.06. The van der Waals surface area contributed by atoms with Crippen molar-refractivity contribution in [3.8, 4) is 20.9 Å². The third-order valence-electron chi connectivity index (χ3n) is 6.27. The van der Waals surface area contributed by atoms with Gasteiger partial charge in [-0.2, -0.15) is 0 Å². The lowest BCUT2D eigenvalue weighted by Gasteiger charge is -2.21. The van der Waals surface area contributed by atoms with Crippen molar-refractivity contribution in [2.45, 2.75) is 79.1 Å². The fourth-order valence-corrected chi connectivity index (χ4v) is 7.80. The Hall–Kier alpha value is -2.04. The second-order valence-electron chi connectivity index (χ2n) is 11.5. The van der Waals surface area contributed by atoms with Crippen LogP contribution in [0.5, 0.6) is 0 Å². The van der Waals surface area contributed by atoms with Crippen LogP contribution >= 0.6 is 18.9 Å². The molecule has 4 nitrogen and oxygen atoms in total. The number of hydrogen-bond donors (Lipinski definition) is 0. The van der Waals surface area contributed by atoms with Crippen LogP contribution in [0.4, 0.5) is 0 Å². The molecular formula is C31H41O4PS. The summed E-state index contributed by atoms with van der Waals surface area (Å²) in [6.07, 6.45) is 2.19. The number of rotatable bonds is 10. The molecule has 0 aliphatic carbocycles. The molecule has 6 heteroatoms. The van der Waals surface area contributed by atoms with Crippen molar-refractivity contribution >= 4 is 30.5 Å². The van der Waals surface area contributed by atoms with Crippen molar-refractivity contribution in [1.29, 1.82) is 0 Å². The number of benzene rings is 2. The van der Waals surface area contributed by atoms with Gasteiger partial charge in [0.2, 0.25) is 0 Å². The average molecular weight is 541 g/mol. The maximum absolute atomic E-state index is 14.4. The topological polar surface area (TPSA) is 52.6 Å². The van der Waals surface area contributed by atoms with E-state index in [4.69, 9.17) is 9.05 Å². The SMILES string of the molecule is CCCOP(=O)(OCCC)c1c(-c2ccc(C(C)(C)C)cc2)sc(-c2ccc(C(C)(C)C)cc2)c1C=O. The van der Waals surface area contributed by atoms with Gasteiger partial charge in [0.05, 0.1) is 23.4 Å². The largest absolute Gasteiger partial charge is 0.363 e. The zero-order valence-electron chi connectivity index (χ0n) is 23.5. The Balaban J connectivity index is 2.28. The standard InChI is InChI=1S/C31H41O4PS/c1-9-19-34-36(33,35-20-10-2)27-26(21-32)28(22-11-15-24(16-12-22)30(3,4)5)37-29(27)23-13-17-25(18-14-23)31(6,7)8/h11-18,21H,9-10,19-20H2,1-8H3. The summed E-state index contributed by atoms with van der Waals surface area (Å²) in [6.45, 7) is 17.5. The number of carbonyl (C=O) groups excluding carboxylic acids is 1. The fraction of sp³-hybridized carbons (Fsp3) is 0.452. The lowest BCUT2D eigenvalue weighted by atomic mass is 9.86. The monoisotopic (exact) mass is 540 g/mol. The van der Waals surface area contributed by atoms with Gasteiger partial charge < -0.3 is 9.05 Å². The summed E-state index contributed by atoms with van der Waals surface area (Å²) in [5, 5.41) is 0.382. The van der Waals surface area contributed by atoms with Crippen LogP contribution in [0.3, 0.4) is 0 Å². The molecule has 0 saturated carbocycles. The number of carbonyl (C=O) groups is 1. The van der Waals surface area contributed by atoms with Crippen LogP contribution in [-0.4, -0.2) is 19.5 Å². The van der Waals surface area contributed by atoms with Gasteiger partial charge in [-0.15, -0.1) is 11.3 Å². The van der Waals surface area contributed by atoms with E-state index in [2.05, 4.69) is 65.8 Å². The van der Waals surface area contributed by atoms with Gasteiger partial charge >= 0.3 is 7.60 Å². The molecule has 37 heavy (non-hydrogen) atoms. The minimum Gasteiger partial charge on any atom is -0.305 e. The lowest BCUT2D eigenvalue weighted by Crippen LogP contribution is -2.16. The Morgan fingerprint density at radius 3 is 1.49 bits per heavy atom. The van der Waals surface area contributed by atoms with Gasteiger partial charge in [0.25, 0.3) is 0 Å². The zero-order chi connectivity index (χ0) is 27.4. The Morgan fingerprint density at radius 1 is 0.730 bits per heavy atom. The van der Waals surface area contributed by atoms with E-state index in [9.17, 15) is 9.36 Å². The van der Waals surface area contributed by atoms with E-state index in [-0.39, 0.29) is 24.0 Å². The molecule has 0 N–H and O–H groups in total. The maximum Gasteiger partial charge on any atom is 0.363 e. The third-order valence-corrected chi connectivity index (χ3v) is 9.78. The second kappa shape index (κ2) is 11.8. The van der Waals surface area contributed by atoms with Crippen molar-refractivity contribution in [2.24, 2.45) is 0 Å². The van der Waals surface area contributed by atoms with Gasteiger partial charge in [0.1, 0.15) is 0 Å². The van der Waals surface area contributed by atoms with Crippen molar-refractivity contribution < 1.29 is 18.4 Å². The highest BCUT2D eigenvalue weighted by atomic mass is 32.1. The molecule has 3 rings (SSSR count). The van der Waals surface area contributed by atoms with Crippen LogP contribution in [0.15, 0.2) is 48.5 Å². The van der Waals surface area contributed by atoms with E-state index in [1.54, 1.807) is 0 Å². The molecule has 0 bridgehead atoms. The van der Waals surface area contributed by atoms with E-state index in [0.29, 0.717) is 23.7 Å². The molecule has 0 saturated heterocycles. The minimum atomic E-state index is -3.76. The molecule has 3 aromatic rings. The first-order valence-corrected chi connectivity index (χ1v) is 15.4. The highest BCUT2D eigenvalue weighted by Gasteiger charge is 2.37. The van der Waals surface area contributed by atoms with Gasteiger partial charge in [-0.1, -0.05) is 104 Å². The molecule has 2 aromatic carbocycles. The number of aldehydes is 1. The molecule has 0 aliphatic rings. The van der Waals surface area contributed by atoms with E-state index in [1.165, 1.54) is 22.5 Å². The van der Waals surface area contributed by atoms with Crippen molar-refractivity contribution in [3.63, 3.8) is 0 Å². The van der Waals surface area contributed by atoms with Crippen LogP contribution in [0, 0.1) is 0 Å². The summed E-state index contributed by atoms with van der Waals surface area (Å²) in [7, 11) is -3.76. The summed E-state index contributed by atoms with van der Waals surface area (Å²) in [4.78, 5) is 14.2. The molecule has 0 spiro atoms. The average Bonchev–Trinajstić information content (AvgIpc) is 3.26. The first-order valence-electron chi connectivity index (χ1n) is 13.1. The van der Waals surface area contributed by atoms with Crippen LogP contribution < -0.4 is 5.30 Å². The zero-order valence-corrected chi connectivity index (χ0v) is 25.2. The molecule has 0 aliphatic heterocycles. The number of hydrogen-bond acceptors (Lipinski definition) is 5. The van der Waals surface area contributed by atoms with Gasteiger partial charge in [-0.05, 0) is 45.9 Å². The molecule has 1 heterocycles. The number of thiophene rings is 1. The normalized spacial score (nSPS) is 12.6. The van der Waals surface area contributed by atoms with Crippen LogP contribution in [-0.2, 0) is 24.4 Å². The van der Waals surface area contributed by atoms with Gasteiger partial charge in [-0.3, -0.25) is 9.36 Å². The van der Waals surface area contributed by atoms with Gasteiger partial charge in [0, 0.05) is 10.4 Å². The Labute approximate surface area is 227 Å². The van der Waals surface area contributed by atoms with Crippen molar-refractivity contribution in [2.75, 3.05) is 13.2 Å². The van der Waals surface area contributed by atoms with Crippen LogP contribution in [0.25, 0.3) is 20.9 Å². The molecule has 0 unspecified atom stereocenters. The van der Waals surface area contributed by atoms with Crippen molar-refractivity contribution in [1.82, 2.24) is 0 Å². The highest BCUT2D eigenvalue weighted by Crippen LogP contribution is 2.54. The molecule has 200 valence electrons. The highest BCUT2D eigenvalue weighted by molar-refractivity contribution is 7.63. The van der Waals surface area contributed by atoms with Crippen LogP contribution in [0.2, 0.25) is 0 Å².